The van der Waals surface area contributed by atoms with E-state index in [2.05, 4.69) is 52.3 Å². The van der Waals surface area contributed by atoms with Gasteiger partial charge in [0.05, 0.1) is 0 Å². The first-order valence-electron chi connectivity index (χ1n) is 7.80. The van der Waals surface area contributed by atoms with Crippen LogP contribution in [0.15, 0.2) is 47.1 Å². The molecule has 0 amide bonds. The van der Waals surface area contributed by atoms with Crippen LogP contribution in [0.5, 0.6) is 0 Å². The first-order chi connectivity index (χ1) is 10.3. The average molecular weight is 319 g/mol. The summed E-state index contributed by atoms with van der Waals surface area (Å²) in [5.41, 5.74) is 3.71. The zero-order valence-electron chi connectivity index (χ0n) is 12.4. The Morgan fingerprint density at radius 1 is 1.19 bits per heavy atom. The van der Waals surface area contributed by atoms with Crippen LogP contribution in [0.4, 0.5) is 0 Å². The minimum absolute atomic E-state index is 0.617. The summed E-state index contributed by atoms with van der Waals surface area (Å²) in [6.45, 7) is 2.69. The van der Waals surface area contributed by atoms with Gasteiger partial charge in [0.15, 0.2) is 0 Å². The van der Waals surface area contributed by atoms with Crippen LogP contribution in [0.25, 0.3) is 0 Å². The Kier molecular flexibility index (Phi) is 4.85. The maximum atomic E-state index is 5.53. The van der Waals surface area contributed by atoms with E-state index in [1.807, 2.05) is 6.92 Å². The molecule has 21 heavy (non-hydrogen) atoms. The molecule has 2 nitrogen and oxygen atoms in total. The predicted octanol–water partition coefficient (Wildman–Crippen LogP) is 3.89. The third-order valence-corrected chi connectivity index (χ3v) is 4.20. The molecule has 2 aliphatic carbocycles. The Balaban J connectivity index is 1.89. The molecule has 1 aromatic carbocycles. The maximum absolute atomic E-state index is 5.53. The van der Waals surface area contributed by atoms with E-state index in [-0.39, 0.29) is 0 Å². The van der Waals surface area contributed by atoms with E-state index >= 15 is 0 Å². The molecule has 0 atom stereocenters. The van der Waals surface area contributed by atoms with E-state index in [1.165, 1.54) is 42.7 Å². The van der Waals surface area contributed by atoms with Crippen molar-refractivity contribution in [2.45, 2.75) is 32.6 Å². The summed E-state index contributed by atoms with van der Waals surface area (Å²) in [7, 11) is 0. The Morgan fingerprint density at radius 3 is 2.43 bits per heavy atom. The second-order valence-corrected chi connectivity index (χ2v) is 6.36. The van der Waals surface area contributed by atoms with Crippen molar-refractivity contribution in [3.8, 4) is 0 Å². The monoisotopic (exact) mass is 319 g/mol. The third kappa shape index (κ3) is 4.23. The summed E-state index contributed by atoms with van der Waals surface area (Å²) in [5, 5.41) is 0. The normalized spacial score (nSPS) is 19.7. The van der Waals surface area contributed by atoms with Crippen molar-refractivity contribution in [3.63, 3.8) is 0 Å². The number of aliphatic imine (C=N–C) groups is 1. The molecule has 0 radical (unpaired) electrons. The number of allylic oxidation sites excluding steroid dienone is 1. The van der Waals surface area contributed by atoms with Gasteiger partial charge in [0.2, 0.25) is 0 Å². The van der Waals surface area contributed by atoms with E-state index < -0.39 is 0 Å². The van der Waals surface area contributed by atoms with Gasteiger partial charge in [-0.15, -0.1) is 0 Å². The molecule has 0 aliphatic heterocycles. The molecule has 1 aromatic rings. The van der Waals surface area contributed by atoms with Gasteiger partial charge in [0.25, 0.3) is 0 Å². The fourth-order valence-electron chi connectivity index (χ4n) is 2.42. The van der Waals surface area contributed by atoms with Crippen LogP contribution >= 0.6 is 0 Å². The molecule has 3 rings (SSSR count). The van der Waals surface area contributed by atoms with E-state index in [0.717, 1.165) is 4.57 Å². The number of rotatable bonds is 7. The van der Waals surface area contributed by atoms with Gasteiger partial charge in [-0.1, -0.05) is 0 Å². The molecule has 2 aliphatic rings. The van der Waals surface area contributed by atoms with Gasteiger partial charge in [-0.3, -0.25) is 0 Å². The molecule has 3 heteroatoms. The molecule has 0 spiro atoms. The van der Waals surface area contributed by atoms with Crippen molar-refractivity contribution in [2.24, 2.45) is 16.8 Å². The molecular formula is C18H21CrNO. The zero-order chi connectivity index (χ0) is 14.7. The number of hydrogen-bond donors (Lipinski definition) is 0. The van der Waals surface area contributed by atoms with Crippen LogP contribution in [-0.2, 0) is 20.6 Å². The van der Waals surface area contributed by atoms with Gasteiger partial charge < -0.3 is 0 Å². The van der Waals surface area contributed by atoms with Gasteiger partial charge in [0.1, 0.15) is 0 Å². The molecule has 110 valence electrons. The molecule has 0 unspecified atom stereocenters. The summed E-state index contributed by atoms with van der Waals surface area (Å²) in [6.07, 6.45) is 7.13. The predicted molar refractivity (Wildman–Crippen MR) is 83.1 cm³/mol. The first-order valence-corrected chi connectivity index (χ1v) is 8.44. The van der Waals surface area contributed by atoms with Crippen molar-refractivity contribution < 1.29 is 20.6 Å². The van der Waals surface area contributed by atoms with Gasteiger partial charge in [-0.2, -0.15) is 0 Å². The Hall–Kier alpha value is -1.01. The Morgan fingerprint density at radius 2 is 1.86 bits per heavy atom. The van der Waals surface area contributed by atoms with Crippen molar-refractivity contribution >= 4 is 10.3 Å². The van der Waals surface area contributed by atoms with Crippen molar-refractivity contribution in [1.29, 1.82) is 0 Å². The number of ether oxygens (including phenoxy) is 1. The molecule has 2 fully saturated rings. The second-order valence-electron chi connectivity index (χ2n) is 5.73. The van der Waals surface area contributed by atoms with Crippen molar-refractivity contribution in [1.82, 2.24) is 0 Å². The average Bonchev–Trinajstić information content (AvgIpc) is 3.38. The fourth-order valence-corrected chi connectivity index (χ4v) is 2.79. The minimum atomic E-state index is 0.617. The van der Waals surface area contributed by atoms with E-state index in [4.69, 9.17) is 9.73 Å². The van der Waals surface area contributed by atoms with Crippen LogP contribution in [0.1, 0.15) is 38.2 Å². The standard InChI is InChI=1S/C18H21NO.Cr/c1-2-20-13-12-17(14-8-9-14)19-18(16-10-11-16)15-6-4-3-5-7-15;/h3-7,12,14,16H,2,8-11H2,1H3;/b17-12-,19-18?;. The Labute approximate surface area is 134 Å². The van der Waals surface area contributed by atoms with Gasteiger partial charge in [-0.05, 0) is 0 Å². The molecule has 0 aromatic heterocycles. The van der Waals surface area contributed by atoms with Gasteiger partial charge in [-0.25, -0.2) is 0 Å². The Bertz CT molecular complexity index is 568. The molecule has 0 saturated heterocycles. The molecule has 2 saturated carbocycles. The number of benzene rings is 1. The van der Waals surface area contributed by atoms with E-state index in [1.54, 1.807) is 0 Å². The van der Waals surface area contributed by atoms with Gasteiger partial charge in [0, 0.05) is 0 Å². The van der Waals surface area contributed by atoms with E-state index in [9.17, 15) is 0 Å². The zero-order valence-corrected chi connectivity index (χ0v) is 13.7. The van der Waals surface area contributed by atoms with Crippen LogP contribution in [0, 0.1) is 11.8 Å². The molecular weight excluding hydrogens is 298 g/mol. The summed E-state index contributed by atoms with van der Waals surface area (Å²) < 4.78 is 6.38. The van der Waals surface area contributed by atoms with Crippen LogP contribution in [0.3, 0.4) is 0 Å². The number of hydrogen-bond acceptors (Lipinski definition) is 2. The first kappa shape index (κ1) is 14.9. The van der Waals surface area contributed by atoms with Gasteiger partial charge >= 0.3 is 135 Å². The van der Waals surface area contributed by atoms with Crippen molar-refractivity contribution in [2.75, 3.05) is 6.61 Å². The number of nitrogens with zero attached hydrogens (tertiary/aromatic N) is 1. The topological polar surface area (TPSA) is 21.6 Å². The second kappa shape index (κ2) is 6.83. The quantitative estimate of drug-likeness (QED) is 0.699. The summed E-state index contributed by atoms with van der Waals surface area (Å²) in [5.74, 6) is 1.26. The summed E-state index contributed by atoms with van der Waals surface area (Å²) in [6, 6.07) is 10.6. The summed E-state index contributed by atoms with van der Waals surface area (Å²) >= 11 is 3.00. The van der Waals surface area contributed by atoms with Crippen LogP contribution < -0.4 is 0 Å². The van der Waals surface area contributed by atoms with Crippen LogP contribution in [0.2, 0.25) is 0 Å². The van der Waals surface area contributed by atoms with E-state index in [0.29, 0.717) is 18.4 Å². The molecule has 0 N–H and O–H groups in total. The third-order valence-electron chi connectivity index (χ3n) is 3.83. The summed E-state index contributed by atoms with van der Waals surface area (Å²) in [4.78, 5) is 5.05. The van der Waals surface area contributed by atoms with Crippen LogP contribution in [-0.4, -0.2) is 16.9 Å². The van der Waals surface area contributed by atoms with Crippen molar-refractivity contribution in [3.05, 3.63) is 47.7 Å². The molecule has 0 bridgehead atoms. The SMILES string of the molecule is CCO[C](=[Cr])/C=C(\N=C(c1ccccc1)C1CC1)C1CC1. The molecule has 0 heterocycles. The fraction of sp³-hybridized carbons (Fsp3) is 0.444.